The molecule has 0 atom stereocenters. The van der Waals surface area contributed by atoms with Crippen molar-refractivity contribution in [3.05, 3.63) is 29.3 Å². The minimum Gasteiger partial charge on any atom is -0.478 e. The van der Waals surface area contributed by atoms with Crippen molar-refractivity contribution in [2.75, 3.05) is 18.8 Å². The molecule has 1 aromatic carbocycles. The van der Waals surface area contributed by atoms with E-state index in [0.717, 1.165) is 6.54 Å². The van der Waals surface area contributed by atoms with Crippen molar-refractivity contribution in [3.63, 3.8) is 0 Å². The monoisotopic (exact) mass is 247 g/mol. The maximum atomic E-state index is 11.2. The molecule has 1 aromatic rings. The zero-order chi connectivity index (χ0) is 13.5. The summed E-state index contributed by atoms with van der Waals surface area (Å²) in [6.07, 6.45) is 0.429. The van der Waals surface area contributed by atoms with Gasteiger partial charge in [0, 0.05) is 25.2 Å². The number of carbonyl (C=O) groups is 1. The number of nitriles is 1. The van der Waals surface area contributed by atoms with Gasteiger partial charge in [-0.05, 0) is 18.2 Å². The van der Waals surface area contributed by atoms with Crippen LogP contribution in [-0.2, 0) is 6.54 Å². The quantitative estimate of drug-likeness (QED) is 0.747. The van der Waals surface area contributed by atoms with Crippen LogP contribution in [0.5, 0.6) is 0 Å². The van der Waals surface area contributed by atoms with E-state index in [9.17, 15) is 4.79 Å². The van der Waals surface area contributed by atoms with Gasteiger partial charge in [-0.15, -0.1) is 0 Å². The first-order chi connectivity index (χ1) is 8.60. The highest BCUT2D eigenvalue weighted by Crippen LogP contribution is 2.18. The van der Waals surface area contributed by atoms with Gasteiger partial charge < -0.3 is 10.8 Å². The standard InChI is InChI=1S/C13H17N3O2/c1-2-16(8-4-7-14)9-10-5-3-6-11(15)12(10)13(17)18/h3,5-6H,2,4,8-9,15H2,1H3,(H,17,18). The third-order valence-corrected chi connectivity index (χ3v) is 2.78. The maximum absolute atomic E-state index is 11.2. The molecular weight excluding hydrogens is 230 g/mol. The summed E-state index contributed by atoms with van der Waals surface area (Å²) in [5, 5.41) is 17.7. The number of carboxylic acids is 1. The number of nitrogen functional groups attached to an aromatic ring is 1. The van der Waals surface area contributed by atoms with Crippen molar-refractivity contribution in [1.82, 2.24) is 4.90 Å². The summed E-state index contributed by atoms with van der Waals surface area (Å²) in [6.45, 7) is 3.85. The number of benzene rings is 1. The number of hydrogen-bond donors (Lipinski definition) is 2. The Labute approximate surface area is 106 Å². The molecule has 0 unspecified atom stereocenters. The van der Waals surface area contributed by atoms with Gasteiger partial charge in [-0.25, -0.2) is 4.79 Å². The van der Waals surface area contributed by atoms with Crippen LogP contribution in [-0.4, -0.2) is 29.1 Å². The Hall–Kier alpha value is -2.06. The molecular formula is C13H17N3O2. The van der Waals surface area contributed by atoms with Crippen LogP contribution in [0.4, 0.5) is 5.69 Å². The molecule has 0 spiro atoms. The van der Waals surface area contributed by atoms with Crippen molar-refractivity contribution in [1.29, 1.82) is 5.26 Å². The summed E-state index contributed by atoms with van der Waals surface area (Å²) in [7, 11) is 0. The van der Waals surface area contributed by atoms with Gasteiger partial charge in [0.05, 0.1) is 11.6 Å². The fourth-order valence-corrected chi connectivity index (χ4v) is 1.81. The second kappa shape index (κ2) is 6.62. The van der Waals surface area contributed by atoms with Gasteiger partial charge >= 0.3 is 5.97 Å². The number of rotatable bonds is 6. The van der Waals surface area contributed by atoms with Crippen LogP contribution < -0.4 is 5.73 Å². The lowest BCUT2D eigenvalue weighted by Gasteiger charge is -2.20. The molecule has 0 aliphatic rings. The summed E-state index contributed by atoms with van der Waals surface area (Å²) in [5.74, 6) is -1.01. The molecule has 1 rings (SSSR count). The lowest BCUT2D eigenvalue weighted by Crippen LogP contribution is -2.25. The minimum atomic E-state index is -1.01. The lowest BCUT2D eigenvalue weighted by molar-refractivity contribution is 0.0695. The molecule has 0 aliphatic heterocycles. The van der Waals surface area contributed by atoms with E-state index in [2.05, 4.69) is 6.07 Å². The van der Waals surface area contributed by atoms with E-state index in [0.29, 0.717) is 25.1 Å². The summed E-state index contributed by atoms with van der Waals surface area (Å²) in [4.78, 5) is 13.2. The predicted molar refractivity (Wildman–Crippen MR) is 69.0 cm³/mol. The van der Waals surface area contributed by atoms with Gasteiger partial charge in [0.15, 0.2) is 0 Å². The molecule has 0 saturated heterocycles. The van der Waals surface area contributed by atoms with E-state index < -0.39 is 5.97 Å². The van der Waals surface area contributed by atoms with Crippen LogP contribution in [0.2, 0.25) is 0 Å². The fourth-order valence-electron chi connectivity index (χ4n) is 1.81. The Bertz CT molecular complexity index is 466. The molecule has 5 nitrogen and oxygen atoms in total. The zero-order valence-corrected chi connectivity index (χ0v) is 10.4. The second-order valence-electron chi connectivity index (χ2n) is 3.96. The highest BCUT2D eigenvalue weighted by Gasteiger charge is 2.15. The van der Waals surface area contributed by atoms with Crippen LogP contribution >= 0.6 is 0 Å². The molecule has 0 saturated carbocycles. The fraction of sp³-hybridized carbons (Fsp3) is 0.385. The van der Waals surface area contributed by atoms with E-state index in [4.69, 9.17) is 16.1 Å². The largest absolute Gasteiger partial charge is 0.478 e. The van der Waals surface area contributed by atoms with Gasteiger partial charge in [-0.3, -0.25) is 4.90 Å². The maximum Gasteiger partial charge on any atom is 0.338 e. The normalized spacial score (nSPS) is 10.3. The van der Waals surface area contributed by atoms with Crippen molar-refractivity contribution in [2.24, 2.45) is 0 Å². The Balaban J connectivity index is 2.92. The topological polar surface area (TPSA) is 90.4 Å². The van der Waals surface area contributed by atoms with Crippen LogP contribution in [0.15, 0.2) is 18.2 Å². The Morgan fingerprint density at radius 1 is 1.56 bits per heavy atom. The lowest BCUT2D eigenvalue weighted by atomic mass is 10.0. The Morgan fingerprint density at radius 2 is 2.28 bits per heavy atom. The molecule has 18 heavy (non-hydrogen) atoms. The molecule has 0 heterocycles. The van der Waals surface area contributed by atoms with Crippen LogP contribution in [0.1, 0.15) is 29.3 Å². The number of anilines is 1. The SMILES string of the molecule is CCN(CCC#N)Cc1cccc(N)c1C(=O)O. The molecule has 0 radical (unpaired) electrons. The van der Waals surface area contributed by atoms with Crippen LogP contribution in [0.3, 0.4) is 0 Å². The summed E-state index contributed by atoms with van der Waals surface area (Å²) in [5.41, 5.74) is 6.81. The third-order valence-electron chi connectivity index (χ3n) is 2.78. The highest BCUT2D eigenvalue weighted by atomic mass is 16.4. The van der Waals surface area contributed by atoms with Crippen molar-refractivity contribution < 1.29 is 9.90 Å². The highest BCUT2D eigenvalue weighted by molar-refractivity contribution is 5.95. The number of carboxylic acid groups (broad SMARTS) is 1. The number of hydrogen-bond acceptors (Lipinski definition) is 4. The van der Waals surface area contributed by atoms with Gasteiger partial charge in [0.2, 0.25) is 0 Å². The minimum absolute atomic E-state index is 0.160. The van der Waals surface area contributed by atoms with Gasteiger partial charge in [-0.1, -0.05) is 19.1 Å². The van der Waals surface area contributed by atoms with E-state index in [1.807, 2.05) is 11.8 Å². The molecule has 96 valence electrons. The smallest absolute Gasteiger partial charge is 0.338 e. The van der Waals surface area contributed by atoms with E-state index in [1.165, 1.54) is 0 Å². The number of nitrogens with two attached hydrogens (primary N) is 1. The number of aromatic carboxylic acids is 1. The molecule has 0 aromatic heterocycles. The van der Waals surface area contributed by atoms with Crippen LogP contribution in [0.25, 0.3) is 0 Å². The Kier molecular flexibility index (Phi) is 5.15. The molecule has 0 aliphatic carbocycles. The molecule has 0 fully saturated rings. The first kappa shape index (κ1) is 14.0. The van der Waals surface area contributed by atoms with Gasteiger partial charge in [-0.2, -0.15) is 5.26 Å². The summed E-state index contributed by atoms with van der Waals surface area (Å²) < 4.78 is 0. The van der Waals surface area contributed by atoms with E-state index >= 15 is 0 Å². The predicted octanol–water partition coefficient (Wildman–Crippen LogP) is 1.70. The van der Waals surface area contributed by atoms with Crippen molar-refractivity contribution >= 4 is 11.7 Å². The van der Waals surface area contributed by atoms with E-state index in [-0.39, 0.29) is 11.3 Å². The average Bonchev–Trinajstić information content (AvgIpc) is 2.33. The first-order valence-electron chi connectivity index (χ1n) is 5.80. The van der Waals surface area contributed by atoms with Crippen molar-refractivity contribution in [3.8, 4) is 6.07 Å². The Morgan fingerprint density at radius 3 is 2.83 bits per heavy atom. The first-order valence-corrected chi connectivity index (χ1v) is 5.80. The zero-order valence-electron chi connectivity index (χ0n) is 10.4. The second-order valence-corrected chi connectivity index (χ2v) is 3.96. The van der Waals surface area contributed by atoms with Gasteiger partial charge in [0.25, 0.3) is 0 Å². The van der Waals surface area contributed by atoms with Crippen LogP contribution in [0, 0.1) is 11.3 Å². The number of nitrogens with zero attached hydrogens (tertiary/aromatic N) is 2. The summed E-state index contributed by atoms with van der Waals surface area (Å²) in [6, 6.07) is 7.17. The van der Waals surface area contributed by atoms with Gasteiger partial charge in [0.1, 0.15) is 0 Å². The van der Waals surface area contributed by atoms with Crippen molar-refractivity contribution in [2.45, 2.75) is 19.9 Å². The average molecular weight is 247 g/mol. The molecule has 3 N–H and O–H groups in total. The molecule has 0 amide bonds. The van der Waals surface area contributed by atoms with E-state index in [1.54, 1.807) is 18.2 Å². The molecule has 5 heteroatoms. The summed E-state index contributed by atoms with van der Waals surface area (Å²) >= 11 is 0. The molecule has 0 bridgehead atoms. The third kappa shape index (κ3) is 3.47.